The lowest BCUT2D eigenvalue weighted by Crippen LogP contribution is -2.27. The Morgan fingerprint density at radius 2 is 2.10 bits per heavy atom. The molecule has 0 saturated carbocycles. The van der Waals surface area contributed by atoms with Crippen molar-refractivity contribution in [2.45, 2.75) is 25.5 Å². The van der Waals surface area contributed by atoms with Crippen LogP contribution in [0.15, 0.2) is 71.5 Å². The Bertz CT molecular complexity index is 1180. The summed E-state index contributed by atoms with van der Waals surface area (Å²) in [6.45, 7) is 0.188. The summed E-state index contributed by atoms with van der Waals surface area (Å²) >= 11 is 0. The summed E-state index contributed by atoms with van der Waals surface area (Å²) in [5, 5.41) is 8.94. The van der Waals surface area contributed by atoms with E-state index in [-0.39, 0.29) is 24.2 Å². The van der Waals surface area contributed by atoms with Crippen LogP contribution in [0.4, 0.5) is 0 Å². The Morgan fingerprint density at radius 3 is 3.07 bits per heavy atom. The van der Waals surface area contributed by atoms with Crippen LogP contribution in [0, 0.1) is 0 Å². The number of rotatable bonds is 5. The van der Waals surface area contributed by atoms with E-state index in [0.717, 1.165) is 29.4 Å². The summed E-state index contributed by atoms with van der Waals surface area (Å²) in [5.74, 6) is 0.987. The summed E-state index contributed by atoms with van der Waals surface area (Å²) in [5.41, 5.74) is 2.73. The van der Waals surface area contributed by atoms with Gasteiger partial charge >= 0.3 is 0 Å². The second kappa shape index (κ2) is 7.39. The molecule has 5 rings (SSSR count). The molecule has 0 bridgehead atoms. The van der Waals surface area contributed by atoms with Gasteiger partial charge in [0.05, 0.1) is 6.04 Å². The molecule has 1 aliphatic carbocycles. The third-order valence-corrected chi connectivity index (χ3v) is 5.24. The van der Waals surface area contributed by atoms with Gasteiger partial charge in [0, 0.05) is 29.2 Å². The van der Waals surface area contributed by atoms with E-state index < -0.39 is 0 Å². The van der Waals surface area contributed by atoms with Gasteiger partial charge in [0.25, 0.3) is 5.91 Å². The third kappa shape index (κ3) is 3.45. The Balaban J connectivity index is 1.25. The Kier molecular flexibility index (Phi) is 4.44. The molecular weight excluding hydrogens is 366 g/mol. The van der Waals surface area contributed by atoms with Gasteiger partial charge in [0.2, 0.25) is 0 Å². The number of amides is 1. The highest BCUT2D eigenvalue weighted by Crippen LogP contribution is 2.31. The highest BCUT2D eigenvalue weighted by molar-refractivity contribution is 5.92. The number of aryl methyl sites for hydroxylation is 1. The van der Waals surface area contributed by atoms with E-state index in [0.29, 0.717) is 5.76 Å². The number of ether oxygens (including phenoxy) is 1. The first-order chi connectivity index (χ1) is 14.3. The molecular formula is C23H19N3O3. The van der Waals surface area contributed by atoms with Crippen LogP contribution in [-0.4, -0.2) is 16.0 Å². The molecule has 144 valence electrons. The topological polar surface area (TPSA) is 77.2 Å². The van der Waals surface area contributed by atoms with Crippen LogP contribution < -0.4 is 10.1 Å². The predicted molar refractivity (Wildman–Crippen MR) is 108 cm³/mol. The zero-order chi connectivity index (χ0) is 19.6. The normalized spacial score (nSPS) is 15.2. The standard InChI is InChI=1S/C23H19N3O3/c27-23(25-20-9-8-15-4-1-2-6-18(15)20)21-12-17(29-26-21)14-28-22-7-3-5-16-13-24-11-10-19(16)22/h1-7,10-13,20H,8-9,14H2,(H,25,27)/t20-/m1/s1. The lowest BCUT2D eigenvalue weighted by molar-refractivity contribution is 0.0927. The van der Waals surface area contributed by atoms with Gasteiger partial charge in [-0.3, -0.25) is 9.78 Å². The minimum absolute atomic E-state index is 0.0133. The number of hydrogen-bond donors (Lipinski definition) is 1. The maximum Gasteiger partial charge on any atom is 0.273 e. The minimum Gasteiger partial charge on any atom is -0.485 e. The van der Waals surface area contributed by atoms with Gasteiger partial charge in [-0.25, -0.2) is 0 Å². The number of nitrogens with one attached hydrogen (secondary N) is 1. The molecule has 1 atom stereocenters. The molecule has 29 heavy (non-hydrogen) atoms. The lowest BCUT2D eigenvalue weighted by atomic mass is 10.1. The smallest absolute Gasteiger partial charge is 0.273 e. The summed E-state index contributed by atoms with van der Waals surface area (Å²) in [4.78, 5) is 16.7. The monoisotopic (exact) mass is 385 g/mol. The molecule has 2 heterocycles. The molecule has 1 N–H and O–H groups in total. The SMILES string of the molecule is O=C(N[C@@H]1CCc2ccccc21)c1cc(COc2cccc3cnccc23)on1. The first-order valence-corrected chi connectivity index (χ1v) is 9.58. The van der Waals surface area contributed by atoms with E-state index >= 15 is 0 Å². The number of hydrogen-bond acceptors (Lipinski definition) is 5. The first-order valence-electron chi connectivity index (χ1n) is 9.58. The van der Waals surface area contributed by atoms with E-state index in [1.165, 1.54) is 11.1 Å². The Hall–Kier alpha value is -3.67. The van der Waals surface area contributed by atoms with Crippen molar-refractivity contribution in [3.63, 3.8) is 0 Å². The Morgan fingerprint density at radius 1 is 1.17 bits per heavy atom. The largest absolute Gasteiger partial charge is 0.485 e. The second-order valence-electron chi connectivity index (χ2n) is 7.08. The van der Waals surface area contributed by atoms with Crippen molar-refractivity contribution < 1.29 is 14.1 Å². The molecule has 1 amide bonds. The van der Waals surface area contributed by atoms with Crippen LogP contribution >= 0.6 is 0 Å². The highest BCUT2D eigenvalue weighted by atomic mass is 16.5. The van der Waals surface area contributed by atoms with Crippen molar-refractivity contribution in [3.05, 3.63) is 89.6 Å². The van der Waals surface area contributed by atoms with Crippen LogP contribution in [0.2, 0.25) is 0 Å². The molecule has 0 saturated heterocycles. The van der Waals surface area contributed by atoms with Crippen LogP contribution in [0.5, 0.6) is 5.75 Å². The van der Waals surface area contributed by atoms with Gasteiger partial charge in [-0.1, -0.05) is 41.6 Å². The molecule has 0 aliphatic heterocycles. The molecule has 6 nitrogen and oxygen atoms in total. The highest BCUT2D eigenvalue weighted by Gasteiger charge is 2.25. The number of aromatic nitrogens is 2. The fraction of sp³-hybridized carbons (Fsp3) is 0.174. The molecule has 2 aromatic heterocycles. The number of nitrogens with zero attached hydrogens (tertiary/aromatic N) is 2. The summed E-state index contributed by atoms with van der Waals surface area (Å²) in [7, 11) is 0. The number of pyridine rings is 1. The summed E-state index contributed by atoms with van der Waals surface area (Å²) in [6, 6.07) is 17.5. The Labute approximate surface area is 167 Å². The van der Waals surface area contributed by atoms with Crippen LogP contribution in [0.1, 0.15) is 39.8 Å². The molecule has 0 fully saturated rings. The van der Waals surface area contributed by atoms with Crippen molar-refractivity contribution in [3.8, 4) is 5.75 Å². The van der Waals surface area contributed by atoms with Gasteiger partial charge in [0.1, 0.15) is 12.4 Å². The molecule has 4 aromatic rings. The van der Waals surface area contributed by atoms with Crippen molar-refractivity contribution in [2.75, 3.05) is 0 Å². The van der Waals surface area contributed by atoms with E-state index in [1.807, 2.05) is 36.4 Å². The molecule has 2 aromatic carbocycles. The van der Waals surface area contributed by atoms with Crippen LogP contribution in [0.25, 0.3) is 10.8 Å². The fourth-order valence-corrected chi connectivity index (χ4v) is 3.79. The van der Waals surface area contributed by atoms with E-state index in [4.69, 9.17) is 9.26 Å². The van der Waals surface area contributed by atoms with Crippen molar-refractivity contribution in [1.29, 1.82) is 0 Å². The van der Waals surface area contributed by atoms with Crippen molar-refractivity contribution in [1.82, 2.24) is 15.5 Å². The lowest BCUT2D eigenvalue weighted by Gasteiger charge is -2.12. The molecule has 6 heteroatoms. The fourth-order valence-electron chi connectivity index (χ4n) is 3.79. The second-order valence-corrected chi connectivity index (χ2v) is 7.08. The summed E-state index contributed by atoms with van der Waals surface area (Å²) in [6.07, 6.45) is 5.39. The molecule has 0 spiro atoms. The molecule has 1 aliphatic rings. The number of carbonyl (C=O) groups is 1. The quantitative estimate of drug-likeness (QED) is 0.557. The number of benzene rings is 2. The number of carbonyl (C=O) groups excluding carboxylic acids is 1. The van der Waals surface area contributed by atoms with E-state index in [1.54, 1.807) is 18.5 Å². The van der Waals surface area contributed by atoms with Crippen LogP contribution in [-0.2, 0) is 13.0 Å². The average Bonchev–Trinajstić information content (AvgIpc) is 3.40. The maximum atomic E-state index is 12.6. The number of fused-ring (bicyclic) bond motifs is 2. The first kappa shape index (κ1) is 17.4. The zero-order valence-electron chi connectivity index (χ0n) is 15.7. The zero-order valence-corrected chi connectivity index (χ0v) is 15.7. The maximum absolute atomic E-state index is 12.6. The van der Waals surface area contributed by atoms with Gasteiger partial charge < -0.3 is 14.6 Å². The minimum atomic E-state index is -0.238. The van der Waals surface area contributed by atoms with Crippen LogP contribution in [0.3, 0.4) is 0 Å². The van der Waals surface area contributed by atoms with E-state index in [2.05, 4.69) is 27.6 Å². The average molecular weight is 385 g/mol. The summed E-state index contributed by atoms with van der Waals surface area (Å²) < 4.78 is 11.2. The van der Waals surface area contributed by atoms with Gasteiger partial charge in [-0.2, -0.15) is 0 Å². The molecule has 0 unspecified atom stereocenters. The van der Waals surface area contributed by atoms with Gasteiger partial charge in [-0.05, 0) is 36.1 Å². The van der Waals surface area contributed by atoms with Gasteiger partial charge in [0.15, 0.2) is 11.5 Å². The molecule has 0 radical (unpaired) electrons. The van der Waals surface area contributed by atoms with E-state index in [9.17, 15) is 4.79 Å². The van der Waals surface area contributed by atoms with Crippen molar-refractivity contribution >= 4 is 16.7 Å². The predicted octanol–water partition coefficient (Wildman–Crippen LogP) is 4.22. The van der Waals surface area contributed by atoms with Gasteiger partial charge in [-0.15, -0.1) is 0 Å². The van der Waals surface area contributed by atoms with Crippen molar-refractivity contribution in [2.24, 2.45) is 0 Å². The third-order valence-electron chi connectivity index (χ3n) is 5.24.